The van der Waals surface area contributed by atoms with Crippen molar-refractivity contribution in [3.8, 4) is 11.3 Å². The normalized spacial score (nSPS) is 19.0. The Balaban J connectivity index is 1.51. The number of anilines is 1. The van der Waals surface area contributed by atoms with E-state index in [4.69, 9.17) is 10.7 Å². The minimum Gasteiger partial charge on any atom is -0.366 e. The molecule has 1 aromatic carbocycles. The number of rotatable bonds is 4. The van der Waals surface area contributed by atoms with E-state index in [2.05, 4.69) is 15.9 Å². The maximum absolute atomic E-state index is 11.7. The van der Waals surface area contributed by atoms with Crippen LogP contribution in [0.25, 0.3) is 11.3 Å². The third-order valence-corrected chi connectivity index (χ3v) is 5.65. The maximum atomic E-state index is 11.7. The average Bonchev–Trinajstić information content (AvgIpc) is 3.23. The minimum atomic E-state index is -0.417. The lowest BCUT2D eigenvalue weighted by molar-refractivity contribution is 0.100. The molecule has 5 nitrogen and oxygen atoms in total. The standard InChI is InChI=1S/C21H26N4O/c22-21(26)18-7-2-1-6-17(18)19-8-5-9-20(23-19)25-14-10-16(11-15-25)24-12-3-4-13-24/h1-2,5-9,16H,3-4,10-15H2,(H2,22,26). The van der Waals surface area contributed by atoms with Crippen molar-refractivity contribution in [3.05, 3.63) is 48.0 Å². The van der Waals surface area contributed by atoms with Crippen LogP contribution in [-0.4, -0.2) is 48.0 Å². The Bertz CT molecular complexity index is 777. The molecule has 2 saturated heterocycles. The SMILES string of the molecule is NC(=O)c1ccccc1-c1cccc(N2CCC(N3CCCC3)CC2)n1. The topological polar surface area (TPSA) is 62.5 Å². The van der Waals surface area contributed by atoms with E-state index >= 15 is 0 Å². The van der Waals surface area contributed by atoms with Gasteiger partial charge in [-0.25, -0.2) is 4.98 Å². The van der Waals surface area contributed by atoms with Crippen LogP contribution in [0.15, 0.2) is 42.5 Å². The second-order valence-corrected chi connectivity index (χ2v) is 7.25. The number of carbonyl (C=O) groups is 1. The smallest absolute Gasteiger partial charge is 0.249 e. The van der Waals surface area contributed by atoms with Crippen LogP contribution < -0.4 is 10.6 Å². The summed E-state index contributed by atoms with van der Waals surface area (Å²) >= 11 is 0. The van der Waals surface area contributed by atoms with Crippen molar-refractivity contribution in [2.24, 2.45) is 5.73 Å². The van der Waals surface area contributed by atoms with E-state index in [9.17, 15) is 4.79 Å². The van der Waals surface area contributed by atoms with E-state index in [1.54, 1.807) is 6.07 Å². The molecule has 0 saturated carbocycles. The predicted molar refractivity (Wildman–Crippen MR) is 104 cm³/mol. The second-order valence-electron chi connectivity index (χ2n) is 7.25. The van der Waals surface area contributed by atoms with Crippen molar-refractivity contribution in [1.29, 1.82) is 0 Å². The lowest BCUT2D eigenvalue weighted by Crippen LogP contribution is -2.44. The molecular formula is C21H26N4O. The molecule has 2 aromatic rings. The molecule has 136 valence electrons. The van der Waals surface area contributed by atoms with Gasteiger partial charge >= 0.3 is 0 Å². The molecule has 26 heavy (non-hydrogen) atoms. The van der Waals surface area contributed by atoms with E-state index in [1.807, 2.05) is 30.3 Å². The zero-order valence-corrected chi connectivity index (χ0v) is 15.1. The number of primary amides is 1. The summed E-state index contributed by atoms with van der Waals surface area (Å²) in [7, 11) is 0. The van der Waals surface area contributed by atoms with Crippen molar-refractivity contribution in [2.75, 3.05) is 31.1 Å². The third kappa shape index (κ3) is 3.44. The quantitative estimate of drug-likeness (QED) is 0.921. The lowest BCUT2D eigenvalue weighted by atomic mass is 10.0. The van der Waals surface area contributed by atoms with Gasteiger partial charge in [-0.1, -0.05) is 24.3 Å². The predicted octanol–water partition coefficient (Wildman–Crippen LogP) is 2.91. The fourth-order valence-electron chi connectivity index (χ4n) is 4.24. The van der Waals surface area contributed by atoms with Crippen molar-refractivity contribution < 1.29 is 4.79 Å². The molecule has 4 rings (SSSR count). The van der Waals surface area contributed by atoms with E-state index in [0.717, 1.165) is 36.2 Å². The minimum absolute atomic E-state index is 0.417. The van der Waals surface area contributed by atoms with Gasteiger partial charge in [0, 0.05) is 30.3 Å². The third-order valence-electron chi connectivity index (χ3n) is 5.65. The summed E-state index contributed by atoms with van der Waals surface area (Å²) in [5.74, 6) is 0.570. The highest BCUT2D eigenvalue weighted by molar-refractivity contribution is 5.99. The van der Waals surface area contributed by atoms with Crippen molar-refractivity contribution in [3.63, 3.8) is 0 Å². The van der Waals surface area contributed by atoms with Gasteiger partial charge < -0.3 is 15.5 Å². The van der Waals surface area contributed by atoms with E-state index in [0.29, 0.717) is 5.56 Å². The Morgan fingerprint density at radius 1 is 0.962 bits per heavy atom. The molecule has 0 radical (unpaired) electrons. The zero-order valence-electron chi connectivity index (χ0n) is 15.1. The molecule has 2 N–H and O–H groups in total. The van der Waals surface area contributed by atoms with Crippen LogP contribution in [0.1, 0.15) is 36.0 Å². The van der Waals surface area contributed by atoms with Gasteiger partial charge in [-0.3, -0.25) is 4.79 Å². The zero-order chi connectivity index (χ0) is 17.9. The molecule has 0 unspecified atom stereocenters. The van der Waals surface area contributed by atoms with Gasteiger partial charge in [0.1, 0.15) is 5.82 Å². The van der Waals surface area contributed by atoms with Crippen LogP contribution in [0, 0.1) is 0 Å². The number of aromatic nitrogens is 1. The first-order valence-electron chi connectivity index (χ1n) is 9.57. The molecule has 0 bridgehead atoms. The van der Waals surface area contributed by atoms with E-state index in [1.165, 1.54) is 38.8 Å². The number of likely N-dealkylation sites (tertiary alicyclic amines) is 1. The highest BCUT2D eigenvalue weighted by atomic mass is 16.1. The molecular weight excluding hydrogens is 324 g/mol. The van der Waals surface area contributed by atoms with Gasteiger partial charge in [0.2, 0.25) is 5.91 Å². The second kappa shape index (κ2) is 7.46. The van der Waals surface area contributed by atoms with Crippen molar-refractivity contribution >= 4 is 11.7 Å². The number of piperidine rings is 1. The Labute approximate surface area is 154 Å². The largest absolute Gasteiger partial charge is 0.366 e. The Morgan fingerprint density at radius 3 is 2.42 bits per heavy atom. The molecule has 0 spiro atoms. The number of nitrogens with two attached hydrogens (primary N) is 1. The average molecular weight is 350 g/mol. The molecule has 1 aromatic heterocycles. The molecule has 2 aliphatic heterocycles. The number of hydrogen-bond donors (Lipinski definition) is 1. The van der Waals surface area contributed by atoms with Crippen LogP contribution in [-0.2, 0) is 0 Å². The number of benzene rings is 1. The molecule has 0 atom stereocenters. The van der Waals surface area contributed by atoms with Crippen LogP contribution in [0.5, 0.6) is 0 Å². The Morgan fingerprint density at radius 2 is 1.69 bits per heavy atom. The monoisotopic (exact) mass is 350 g/mol. The Kier molecular flexibility index (Phi) is 4.89. The van der Waals surface area contributed by atoms with Crippen molar-refractivity contribution in [2.45, 2.75) is 31.7 Å². The molecule has 2 fully saturated rings. The Hall–Kier alpha value is -2.40. The molecule has 3 heterocycles. The number of nitrogens with zero attached hydrogens (tertiary/aromatic N) is 3. The first-order valence-corrected chi connectivity index (χ1v) is 9.57. The van der Waals surface area contributed by atoms with Crippen LogP contribution >= 0.6 is 0 Å². The van der Waals surface area contributed by atoms with Crippen molar-refractivity contribution in [1.82, 2.24) is 9.88 Å². The van der Waals surface area contributed by atoms with Crippen LogP contribution in [0.4, 0.5) is 5.82 Å². The van der Waals surface area contributed by atoms with Gasteiger partial charge in [0.25, 0.3) is 0 Å². The van der Waals surface area contributed by atoms with Gasteiger partial charge in [-0.05, 0) is 57.0 Å². The molecule has 0 aliphatic carbocycles. The van der Waals surface area contributed by atoms with Gasteiger partial charge in [0.05, 0.1) is 5.69 Å². The summed E-state index contributed by atoms with van der Waals surface area (Å²) < 4.78 is 0. The summed E-state index contributed by atoms with van der Waals surface area (Å²) in [6.07, 6.45) is 5.10. The number of amides is 1. The summed E-state index contributed by atoms with van der Waals surface area (Å²) in [6.45, 7) is 4.61. The van der Waals surface area contributed by atoms with Crippen LogP contribution in [0.2, 0.25) is 0 Å². The first kappa shape index (κ1) is 17.0. The lowest BCUT2D eigenvalue weighted by Gasteiger charge is -2.37. The van der Waals surface area contributed by atoms with Gasteiger partial charge in [-0.2, -0.15) is 0 Å². The first-order chi connectivity index (χ1) is 12.7. The number of hydrogen-bond acceptors (Lipinski definition) is 4. The van der Waals surface area contributed by atoms with E-state index < -0.39 is 5.91 Å². The highest BCUT2D eigenvalue weighted by Crippen LogP contribution is 2.27. The fraction of sp³-hybridized carbons (Fsp3) is 0.429. The number of pyridine rings is 1. The van der Waals surface area contributed by atoms with Gasteiger partial charge in [-0.15, -0.1) is 0 Å². The van der Waals surface area contributed by atoms with Gasteiger partial charge in [0.15, 0.2) is 0 Å². The highest BCUT2D eigenvalue weighted by Gasteiger charge is 2.27. The fourth-order valence-corrected chi connectivity index (χ4v) is 4.24. The molecule has 1 amide bonds. The van der Waals surface area contributed by atoms with E-state index in [-0.39, 0.29) is 0 Å². The maximum Gasteiger partial charge on any atom is 0.249 e. The summed E-state index contributed by atoms with van der Waals surface area (Å²) in [5, 5.41) is 0. The number of carbonyl (C=O) groups excluding carboxylic acids is 1. The summed E-state index contributed by atoms with van der Waals surface area (Å²) in [4.78, 5) is 21.6. The molecule has 5 heteroatoms. The summed E-state index contributed by atoms with van der Waals surface area (Å²) in [6, 6.07) is 14.2. The van der Waals surface area contributed by atoms with Crippen LogP contribution in [0.3, 0.4) is 0 Å². The molecule has 2 aliphatic rings. The summed E-state index contributed by atoms with van der Waals surface area (Å²) in [5.41, 5.74) is 7.65.